The van der Waals surface area contributed by atoms with Gasteiger partial charge in [-0.1, -0.05) is 0 Å². The predicted molar refractivity (Wildman–Crippen MR) is 60.5 cm³/mol. The van der Waals surface area contributed by atoms with Crippen LogP contribution >= 0.6 is 15.9 Å². The summed E-state index contributed by atoms with van der Waals surface area (Å²) in [6.45, 7) is 1.87. The minimum Gasteiger partial charge on any atom is -0.358 e. The first-order chi connectivity index (χ1) is 7.58. The van der Waals surface area contributed by atoms with Gasteiger partial charge >= 0.3 is 5.82 Å². The van der Waals surface area contributed by atoms with Crippen LogP contribution in [0.4, 0.5) is 5.82 Å². The van der Waals surface area contributed by atoms with Crippen LogP contribution < -0.4 is 0 Å². The van der Waals surface area contributed by atoms with Crippen LogP contribution in [0.15, 0.2) is 29.3 Å². The summed E-state index contributed by atoms with van der Waals surface area (Å²) in [6.07, 6.45) is 4.35. The van der Waals surface area contributed by atoms with Crippen molar-refractivity contribution in [2.45, 2.75) is 6.92 Å². The lowest BCUT2D eigenvalue weighted by Crippen LogP contribution is -1.97. The van der Waals surface area contributed by atoms with Gasteiger partial charge in [-0.15, -0.1) is 0 Å². The van der Waals surface area contributed by atoms with Gasteiger partial charge in [-0.3, -0.25) is 4.57 Å². The van der Waals surface area contributed by atoms with Gasteiger partial charge in [-0.2, -0.15) is 0 Å². The molecule has 16 heavy (non-hydrogen) atoms. The Labute approximate surface area is 99.2 Å². The molecule has 0 aliphatic rings. The molecule has 0 fully saturated rings. The number of halogens is 1. The van der Waals surface area contributed by atoms with Crippen molar-refractivity contribution < 1.29 is 4.92 Å². The lowest BCUT2D eigenvalue weighted by molar-refractivity contribution is -0.389. The number of imidazole rings is 1. The highest BCUT2D eigenvalue weighted by molar-refractivity contribution is 9.10. The van der Waals surface area contributed by atoms with E-state index in [2.05, 4.69) is 25.9 Å². The van der Waals surface area contributed by atoms with Gasteiger partial charge in [0.25, 0.3) is 0 Å². The quantitative estimate of drug-likeness (QED) is 0.625. The fourth-order valence-corrected chi connectivity index (χ4v) is 1.77. The third kappa shape index (κ3) is 1.94. The number of aryl methyl sites for hydroxylation is 1. The van der Waals surface area contributed by atoms with Crippen LogP contribution in [0.25, 0.3) is 5.82 Å². The molecule has 0 radical (unpaired) electrons. The van der Waals surface area contributed by atoms with E-state index in [1.807, 2.05) is 13.0 Å². The number of hydrogen-bond donors (Lipinski definition) is 0. The summed E-state index contributed by atoms with van der Waals surface area (Å²) in [5.74, 6) is 0.438. The first-order valence-corrected chi connectivity index (χ1v) is 5.18. The molecular formula is C9H7BrN4O2. The summed E-state index contributed by atoms with van der Waals surface area (Å²) in [7, 11) is 0. The molecule has 0 bridgehead atoms. The third-order valence-corrected chi connectivity index (χ3v) is 2.45. The zero-order valence-electron chi connectivity index (χ0n) is 8.29. The van der Waals surface area contributed by atoms with E-state index >= 15 is 0 Å². The van der Waals surface area contributed by atoms with E-state index in [1.54, 1.807) is 6.20 Å². The summed E-state index contributed by atoms with van der Waals surface area (Å²) < 4.78 is 2.39. The van der Waals surface area contributed by atoms with Gasteiger partial charge < -0.3 is 10.1 Å². The molecule has 0 spiro atoms. The molecule has 0 unspecified atom stereocenters. The van der Waals surface area contributed by atoms with Gasteiger partial charge in [-0.25, -0.2) is 4.98 Å². The third-order valence-electron chi connectivity index (χ3n) is 2.02. The molecule has 2 heterocycles. The molecule has 6 nitrogen and oxygen atoms in total. The van der Waals surface area contributed by atoms with E-state index in [-0.39, 0.29) is 5.82 Å². The minimum absolute atomic E-state index is 0.191. The average Bonchev–Trinajstić information content (AvgIpc) is 2.66. The van der Waals surface area contributed by atoms with Crippen LogP contribution in [0, 0.1) is 17.0 Å². The standard InChI is InChI=1S/C9H7BrN4O2/c1-6-2-7(10)3-11-9(6)13-4-8(12-5-13)14(15)16/h2-5H,1H3. The molecule has 0 saturated carbocycles. The zero-order valence-corrected chi connectivity index (χ0v) is 9.88. The van der Waals surface area contributed by atoms with Crippen LogP contribution in [0.5, 0.6) is 0 Å². The highest BCUT2D eigenvalue weighted by Crippen LogP contribution is 2.18. The molecule has 0 aliphatic heterocycles. The Morgan fingerprint density at radius 2 is 2.25 bits per heavy atom. The topological polar surface area (TPSA) is 73.8 Å². The second-order valence-electron chi connectivity index (χ2n) is 3.19. The molecule has 2 rings (SSSR count). The molecular weight excluding hydrogens is 276 g/mol. The molecule has 0 atom stereocenters. The maximum atomic E-state index is 10.5. The van der Waals surface area contributed by atoms with E-state index in [0.717, 1.165) is 10.0 Å². The summed E-state index contributed by atoms with van der Waals surface area (Å²) in [5.41, 5.74) is 0.904. The van der Waals surface area contributed by atoms with E-state index in [0.29, 0.717) is 5.82 Å². The van der Waals surface area contributed by atoms with Crippen LogP contribution in [-0.4, -0.2) is 19.5 Å². The van der Waals surface area contributed by atoms with Gasteiger partial charge in [0.1, 0.15) is 12.0 Å². The molecule has 0 saturated heterocycles. The summed E-state index contributed by atoms with van der Waals surface area (Å²) in [6, 6.07) is 1.88. The number of aromatic nitrogens is 3. The molecule has 0 amide bonds. The highest BCUT2D eigenvalue weighted by Gasteiger charge is 2.12. The lowest BCUT2D eigenvalue weighted by atomic mass is 10.3. The number of rotatable bonds is 2. The molecule has 2 aromatic heterocycles. The highest BCUT2D eigenvalue weighted by atomic mass is 79.9. The minimum atomic E-state index is -0.537. The molecule has 7 heteroatoms. The largest absolute Gasteiger partial charge is 0.381 e. The Morgan fingerprint density at radius 3 is 2.81 bits per heavy atom. The second-order valence-corrected chi connectivity index (χ2v) is 4.11. The first-order valence-electron chi connectivity index (χ1n) is 4.39. The van der Waals surface area contributed by atoms with E-state index in [1.165, 1.54) is 17.1 Å². The molecule has 82 valence electrons. The Balaban J connectivity index is 2.46. The smallest absolute Gasteiger partial charge is 0.358 e. The van der Waals surface area contributed by atoms with Gasteiger partial charge in [-0.05, 0) is 44.4 Å². The van der Waals surface area contributed by atoms with Crippen molar-refractivity contribution in [1.29, 1.82) is 0 Å². The SMILES string of the molecule is Cc1cc(Br)cnc1-n1cnc([N+](=O)[O-])c1. The summed E-state index contributed by atoms with van der Waals surface area (Å²) in [4.78, 5) is 17.8. The van der Waals surface area contributed by atoms with Gasteiger partial charge in [0.05, 0.1) is 0 Å². The van der Waals surface area contributed by atoms with Crippen molar-refractivity contribution in [3.05, 3.63) is 44.9 Å². The maximum Gasteiger partial charge on any atom is 0.381 e. The van der Waals surface area contributed by atoms with Gasteiger partial charge in [0.15, 0.2) is 0 Å². The first kappa shape index (κ1) is 10.7. The van der Waals surface area contributed by atoms with Crippen molar-refractivity contribution >= 4 is 21.7 Å². The lowest BCUT2D eigenvalue weighted by Gasteiger charge is -2.03. The van der Waals surface area contributed by atoms with Crippen LogP contribution in [0.2, 0.25) is 0 Å². The van der Waals surface area contributed by atoms with Crippen molar-refractivity contribution in [2.24, 2.45) is 0 Å². The molecule has 0 aromatic carbocycles. The summed E-state index contributed by atoms with van der Waals surface area (Å²) >= 11 is 3.30. The number of pyridine rings is 1. The van der Waals surface area contributed by atoms with Crippen LogP contribution in [-0.2, 0) is 0 Å². The van der Waals surface area contributed by atoms with Crippen LogP contribution in [0.1, 0.15) is 5.56 Å². The normalized spacial score (nSPS) is 10.4. The van der Waals surface area contributed by atoms with E-state index < -0.39 is 4.92 Å². The summed E-state index contributed by atoms with van der Waals surface area (Å²) in [5, 5.41) is 10.5. The van der Waals surface area contributed by atoms with E-state index in [9.17, 15) is 10.1 Å². The molecule has 2 aromatic rings. The Hall–Kier alpha value is -1.76. The maximum absolute atomic E-state index is 10.5. The second kappa shape index (κ2) is 4.01. The molecule has 0 aliphatic carbocycles. The Kier molecular flexibility index (Phi) is 2.69. The van der Waals surface area contributed by atoms with Crippen molar-refractivity contribution in [1.82, 2.24) is 14.5 Å². The van der Waals surface area contributed by atoms with Crippen molar-refractivity contribution in [2.75, 3.05) is 0 Å². The van der Waals surface area contributed by atoms with Crippen molar-refractivity contribution in [3.8, 4) is 5.82 Å². The average molecular weight is 283 g/mol. The Bertz CT molecular complexity index is 552. The number of nitro groups is 1. The fraction of sp³-hybridized carbons (Fsp3) is 0.111. The number of hydrogen-bond acceptors (Lipinski definition) is 4. The van der Waals surface area contributed by atoms with Crippen LogP contribution in [0.3, 0.4) is 0 Å². The van der Waals surface area contributed by atoms with E-state index in [4.69, 9.17) is 0 Å². The monoisotopic (exact) mass is 282 g/mol. The van der Waals surface area contributed by atoms with Gasteiger partial charge in [0.2, 0.25) is 6.33 Å². The molecule has 0 N–H and O–H groups in total. The predicted octanol–water partition coefficient (Wildman–Crippen LogP) is 2.25. The fourth-order valence-electron chi connectivity index (χ4n) is 1.33. The van der Waals surface area contributed by atoms with Crippen molar-refractivity contribution in [3.63, 3.8) is 0 Å². The Morgan fingerprint density at radius 1 is 1.50 bits per heavy atom. The number of nitrogens with zero attached hydrogens (tertiary/aromatic N) is 4. The zero-order chi connectivity index (χ0) is 11.7. The van der Waals surface area contributed by atoms with Gasteiger partial charge in [0, 0.05) is 10.7 Å².